The molecule has 0 unspecified atom stereocenters. The molecule has 2 aromatic heterocycles. The van der Waals surface area contributed by atoms with Crippen LogP contribution in [0.25, 0.3) is 0 Å². The van der Waals surface area contributed by atoms with E-state index < -0.39 is 47.1 Å². The fraction of sp³-hybridized carbons (Fsp3) is 0.192. The highest BCUT2D eigenvalue weighted by molar-refractivity contribution is 6.03. The monoisotopic (exact) mass is 533 g/mol. The predicted molar refractivity (Wildman–Crippen MR) is 124 cm³/mol. The first-order valence-corrected chi connectivity index (χ1v) is 11.2. The van der Waals surface area contributed by atoms with Crippen molar-refractivity contribution in [3.63, 3.8) is 0 Å². The van der Waals surface area contributed by atoms with Gasteiger partial charge in [0.05, 0.1) is 29.2 Å². The van der Waals surface area contributed by atoms with Gasteiger partial charge in [0.2, 0.25) is 5.82 Å². The number of ketones is 1. The number of carbonyl (C=O) groups is 2. The van der Waals surface area contributed by atoms with E-state index in [4.69, 9.17) is 9.15 Å². The zero-order valence-electron chi connectivity index (χ0n) is 20.3. The van der Waals surface area contributed by atoms with E-state index in [1.165, 1.54) is 32.9 Å². The van der Waals surface area contributed by atoms with Crippen LogP contribution in [0.2, 0.25) is 0 Å². The molecule has 2 aromatic carbocycles. The lowest BCUT2D eigenvalue weighted by atomic mass is 10.1. The van der Waals surface area contributed by atoms with Crippen molar-refractivity contribution in [1.29, 1.82) is 0 Å². The van der Waals surface area contributed by atoms with Gasteiger partial charge in [0.1, 0.15) is 18.1 Å². The molecule has 0 radical (unpaired) electrons. The van der Waals surface area contributed by atoms with Crippen molar-refractivity contribution >= 4 is 17.4 Å². The third-order valence-electron chi connectivity index (χ3n) is 5.76. The van der Waals surface area contributed by atoms with E-state index in [2.05, 4.69) is 10.4 Å². The number of hydrogen-bond donors (Lipinski definition) is 1. The third kappa shape index (κ3) is 5.15. The van der Waals surface area contributed by atoms with Crippen molar-refractivity contribution in [2.75, 3.05) is 5.32 Å². The minimum absolute atomic E-state index is 0.00457. The fourth-order valence-electron chi connectivity index (χ4n) is 3.66. The zero-order valence-corrected chi connectivity index (χ0v) is 20.3. The Labute approximate surface area is 212 Å². The van der Waals surface area contributed by atoms with Crippen LogP contribution in [-0.2, 0) is 13.2 Å². The van der Waals surface area contributed by atoms with Gasteiger partial charge in [0.15, 0.2) is 34.8 Å². The van der Waals surface area contributed by atoms with Crippen molar-refractivity contribution in [3.8, 4) is 5.75 Å². The van der Waals surface area contributed by atoms with Gasteiger partial charge in [-0.1, -0.05) is 0 Å². The Hall–Kier alpha value is -4.48. The second-order valence-electron chi connectivity index (χ2n) is 8.34. The van der Waals surface area contributed by atoms with E-state index in [0.29, 0.717) is 17.1 Å². The molecule has 2 heterocycles. The lowest BCUT2D eigenvalue weighted by molar-refractivity contribution is 0.0990. The second kappa shape index (κ2) is 10.5. The van der Waals surface area contributed by atoms with Crippen molar-refractivity contribution in [1.82, 2.24) is 9.78 Å². The van der Waals surface area contributed by atoms with Gasteiger partial charge in [-0.25, -0.2) is 22.0 Å². The molecule has 0 atom stereocenters. The van der Waals surface area contributed by atoms with Crippen LogP contribution in [0.15, 0.2) is 40.8 Å². The van der Waals surface area contributed by atoms with E-state index in [1.54, 1.807) is 24.3 Å². The Balaban J connectivity index is 1.46. The topological polar surface area (TPSA) is 86.4 Å². The van der Waals surface area contributed by atoms with E-state index in [0.717, 1.165) is 4.68 Å². The van der Waals surface area contributed by atoms with Crippen molar-refractivity contribution < 1.29 is 40.7 Å². The number of halogens is 5. The van der Waals surface area contributed by atoms with Crippen LogP contribution in [-0.4, -0.2) is 21.5 Å². The number of benzene rings is 2. The number of aromatic nitrogens is 2. The molecule has 198 valence electrons. The lowest BCUT2D eigenvalue weighted by Crippen LogP contribution is -2.14. The minimum atomic E-state index is -2.25. The molecule has 0 fully saturated rings. The number of ether oxygens (including phenoxy) is 1. The van der Waals surface area contributed by atoms with Gasteiger partial charge in [-0.2, -0.15) is 5.10 Å². The van der Waals surface area contributed by atoms with Crippen LogP contribution in [0, 0.1) is 42.9 Å². The maximum absolute atomic E-state index is 14.1. The summed E-state index contributed by atoms with van der Waals surface area (Å²) in [5.74, 6) is -10.3. The fourth-order valence-corrected chi connectivity index (χ4v) is 3.66. The zero-order chi connectivity index (χ0) is 27.7. The van der Waals surface area contributed by atoms with Gasteiger partial charge in [-0.05, 0) is 57.2 Å². The summed E-state index contributed by atoms with van der Waals surface area (Å²) in [5, 5.41) is 6.64. The molecule has 0 bridgehead atoms. The first-order chi connectivity index (χ1) is 18.0. The smallest absolute Gasteiger partial charge is 0.291 e. The lowest BCUT2D eigenvalue weighted by Gasteiger charge is -2.10. The summed E-state index contributed by atoms with van der Waals surface area (Å²) in [7, 11) is 0. The van der Waals surface area contributed by atoms with Crippen LogP contribution >= 0.6 is 0 Å². The predicted octanol–water partition coefficient (Wildman–Crippen LogP) is 5.87. The summed E-state index contributed by atoms with van der Waals surface area (Å²) in [6.45, 7) is 3.65. The number of nitrogens with zero attached hydrogens (tertiary/aromatic N) is 2. The molecule has 12 heteroatoms. The largest absolute Gasteiger partial charge is 0.486 e. The first-order valence-electron chi connectivity index (χ1n) is 11.2. The Kier molecular flexibility index (Phi) is 7.33. The number of rotatable bonds is 8. The third-order valence-corrected chi connectivity index (χ3v) is 5.76. The molecule has 4 rings (SSSR count). The molecular formula is C26H20F5N3O4. The summed E-state index contributed by atoms with van der Waals surface area (Å²) in [5.41, 5.74) is 0.110. The van der Waals surface area contributed by atoms with E-state index in [-0.39, 0.29) is 35.2 Å². The first kappa shape index (κ1) is 26.6. The van der Waals surface area contributed by atoms with Crippen LogP contribution < -0.4 is 10.1 Å². The van der Waals surface area contributed by atoms with Crippen LogP contribution in [0.5, 0.6) is 5.75 Å². The molecule has 0 aliphatic rings. The van der Waals surface area contributed by atoms with Gasteiger partial charge in [-0.3, -0.25) is 14.3 Å². The highest BCUT2D eigenvalue weighted by Crippen LogP contribution is 2.27. The molecule has 38 heavy (non-hydrogen) atoms. The normalized spacial score (nSPS) is 11.1. The number of furan rings is 1. The molecule has 1 amide bonds. The number of carbonyl (C=O) groups excluding carboxylic acids is 2. The molecule has 4 aromatic rings. The van der Waals surface area contributed by atoms with Gasteiger partial charge in [-0.15, -0.1) is 0 Å². The number of anilines is 1. The highest BCUT2D eigenvalue weighted by atomic mass is 19.2. The molecule has 0 saturated carbocycles. The van der Waals surface area contributed by atoms with Gasteiger partial charge in [0, 0.05) is 5.56 Å². The molecule has 0 saturated heterocycles. The van der Waals surface area contributed by atoms with Crippen LogP contribution in [0.1, 0.15) is 50.5 Å². The Bertz CT molecular complexity index is 1510. The maximum atomic E-state index is 14.1. The number of hydrogen-bond acceptors (Lipinski definition) is 5. The summed E-state index contributed by atoms with van der Waals surface area (Å²) in [4.78, 5) is 24.1. The molecule has 0 spiro atoms. The molecular weight excluding hydrogens is 513 g/mol. The number of nitrogens with one attached hydrogen (secondary N) is 1. The van der Waals surface area contributed by atoms with Crippen LogP contribution in [0.3, 0.4) is 0 Å². The molecule has 0 aliphatic carbocycles. The number of aryl methyl sites for hydroxylation is 1. The molecule has 1 N–H and O–H groups in total. The van der Waals surface area contributed by atoms with Gasteiger partial charge >= 0.3 is 0 Å². The summed E-state index contributed by atoms with van der Waals surface area (Å²) in [6.07, 6.45) is 0. The molecule has 7 nitrogen and oxygen atoms in total. The van der Waals surface area contributed by atoms with Gasteiger partial charge < -0.3 is 14.5 Å². The SMILES string of the molecule is CC(=O)c1ccc(OCc2ccc(C(=O)Nc3c(C)nn(Cc4c(F)c(F)c(F)c(F)c4F)c3C)o2)cc1. The van der Waals surface area contributed by atoms with E-state index >= 15 is 0 Å². The van der Waals surface area contributed by atoms with Crippen molar-refractivity contribution in [3.05, 3.63) is 99.5 Å². The van der Waals surface area contributed by atoms with E-state index in [1.807, 2.05) is 0 Å². The Morgan fingerprint density at radius 3 is 2.13 bits per heavy atom. The quantitative estimate of drug-likeness (QED) is 0.133. The second-order valence-corrected chi connectivity index (χ2v) is 8.34. The summed E-state index contributed by atoms with van der Waals surface area (Å²) >= 11 is 0. The van der Waals surface area contributed by atoms with Gasteiger partial charge in [0.25, 0.3) is 5.91 Å². The standard InChI is InChI=1S/C26H20F5N3O4/c1-12-25(13(2)34(33-12)10-18-20(27)22(29)24(31)23(30)21(18)28)32-26(36)19-9-8-17(38-19)11-37-16-6-4-15(5-7-16)14(3)35/h4-9H,10-11H2,1-3H3,(H,32,36). The highest BCUT2D eigenvalue weighted by Gasteiger charge is 2.27. The average molecular weight is 533 g/mol. The minimum Gasteiger partial charge on any atom is -0.486 e. The summed E-state index contributed by atoms with van der Waals surface area (Å²) in [6, 6.07) is 9.44. The Morgan fingerprint density at radius 1 is 0.921 bits per heavy atom. The number of amides is 1. The molecule has 0 aliphatic heterocycles. The maximum Gasteiger partial charge on any atom is 0.291 e. The Morgan fingerprint density at radius 2 is 1.53 bits per heavy atom. The number of Topliss-reactive ketones (excluding diaryl/α,β-unsaturated/α-hetero) is 1. The van der Waals surface area contributed by atoms with Crippen molar-refractivity contribution in [2.45, 2.75) is 33.9 Å². The average Bonchev–Trinajstić information content (AvgIpc) is 3.48. The van der Waals surface area contributed by atoms with E-state index in [9.17, 15) is 31.5 Å². The summed E-state index contributed by atoms with van der Waals surface area (Å²) < 4.78 is 80.8. The van der Waals surface area contributed by atoms with Crippen molar-refractivity contribution in [2.24, 2.45) is 0 Å². The van der Waals surface area contributed by atoms with Crippen LogP contribution in [0.4, 0.5) is 27.6 Å².